The van der Waals surface area contributed by atoms with E-state index in [1.165, 1.54) is 12.1 Å². The minimum absolute atomic E-state index is 0.116. The Hall–Kier alpha value is -3.35. The lowest BCUT2D eigenvalue weighted by Crippen LogP contribution is -2.58. The number of phenolic OH excluding ortho intramolecular Hbond substituents is 1. The van der Waals surface area contributed by atoms with Crippen LogP contribution in [0.1, 0.15) is 29.3 Å². The third kappa shape index (κ3) is 3.10. The van der Waals surface area contributed by atoms with Crippen LogP contribution in [0.15, 0.2) is 18.2 Å². The molecule has 0 aromatic heterocycles. The molecule has 3 amide bonds. The Kier molecular flexibility index (Phi) is 5.10. The van der Waals surface area contributed by atoms with Gasteiger partial charge in [0.1, 0.15) is 22.5 Å². The van der Waals surface area contributed by atoms with Crippen LogP contribution in [0.25, 0.3) is 0 Å². The predicted molar refractivity (Wildman–Crippen MR) is 98.8 cm³/mol. The molecule has 2 saturated heterocycles. The summed E-state index contributed by atoms with van der Waals surface area (Å²) in [5.74, 6) is -3.29. The molecule has 0 unspecified atom stereocenters. The fourth-order valence-corrected chi connectivity index (χ4v) is 5.81. The number of hydrazine groups is 1. The number of carbonyl (C=O) groups is 4. The maximum Gasteiger partial charge on any atom is 0.426 e. The molecule has 0 saturated carbocycles. The van der Waals surface area contributed by atoms with Gasteiger partial charge in [-0.3, -0.25) is 15.0 Å². The summed E-state index contributed by atoms with van der Waals surface area (Å²) < 4.78 is 28.2. The van der Waals surface area contributed by atoms with E-state index in [2.05, 4.69) is 0 Å². The van der Waals surface area contributed by atoms with Crippen molar-refractivity contribution in [3.05, 3.63) is 29.3 Å². The minimum atomic E-state index is -4.14. The number of sulfone groups is 1. The Bertz CT molecular complexity index is 1050. The summed E-state index contributed by atoms with van der Waals surface area (Å²) >= 11 is 0. The number of para-hydroxylation sites is 1. The number of carboxylic acid groups (broad SMARTS) is 1. The summed E-state index contributed by atoms with van der Waals surface area (Å²) in [6, 6.07) is 2.70. The number of amides is 3. The number of ether oxygens (including phenoxy) is 1. The van der Waals surface area contributed by atoms with Crippen molar-refractivity contribution in [2.75, 3.05) is 6.61 Å². The molecule has 2 fully saturated rings. The Labute approximate surface area is 170 Å². The topological polar surface area (TPSA) is 179 Å². The zero-order chi connectivity index (χ0) is 22.4. The number of fused-ring (bicyclic) bond motifs is 1. The number of carboxylic acids is 1. The van der Waals surface area contributed by atoms with Crippen molar-refractivity contribution < 1.29 is 42.5 Å². The van der Waals surface area contributed by atoms with Gasteiger partial charge in [0.15, 0.2) is 15.9 Å². The quantitative estimate of drug-likeness (QED) is 0.346. The third-order valence-electron chi connectivity index (χ3n) is 5.30. The van der Waals surface area contributed by atoms with Gasteiger partial charge < -0.3 is 19.8 Å². The van der Waals surface area contributed by atoms with E-state index in [0.29, 0.717) is 5.56 Å². The molecule has 2 heterocycles. The molecule has 13 heteroatoms. The number of hydrogen-bond donors (Lipinski definition) is 4. The van der Waals surface area contributed by atoms with Gasteiger partial charge in [0, 0.05) is 0 Å². The third-order valence-corrected chi connectivity index (χ3v) is 8.05. The van der Waals surface area contributed by atoms with Gasteiger partial charge in [0.25, 0.3) is 5.91 Å². The molecule has 0 radical (unpaired) electrons. The highest BCUT2D eigenvalue weighted by molar-refractivity contribution is 7.94. The number of aliphatic carboxylic acids is 1. The van der Waals surface area contributed by atoms with E-state index in [4.69, 9.17) is 4.74 Å². The minimum Gasteiger partial charge on any atom is -0.507 e. The van der Waals surface area contributed by atoms with Gasteiger partial charge in [-0.1, -0.05) is 12.1 Å². The number of aryl methyl sites for hydroxylation is 1. The van der Waals surface area contributed by atoms with Crippen LogP contribution in [0.2, 0.25) is 0 Å². The number of aromatic hydroxyl groups is 1. The first-order valence-corrected chi connectivity index (χ1v) is 10.3. The summed E-state index contributed by atoms with van der Waals surface area (Å²) in [6.07, 6.45) is -1.58. The molecular formula is C17H19N3O9S. The largest absolute Gasteiger partial charge is 0.507 e. The van der Waals surface area contributed by atoms with Crippen LogP contribution in [-0.4, -0.2) is 70.2 Å². The maximum atomic E-state index is 12.7. The standard InChI is InChI=1S/C17H19N3O9S/c1-8-4-3-5-9(12(8)22)14(23)18-19-16(26)29-7-17(2)13(15(24)25)20-10(21)6-11(20)30(17,27)28/h3-5,11,13,22H,6-7H2,1-2H3,(H,18,23)(H,19,26)(H,24,25)/t11-,13+,17+/m1/s1. The smallest absolute Gasteiger partial charge is 0.426 e. The van der Waals surface area contributed by atoms with Crippen LogP contribution in [0.4, 0.5) is 4.79 Å². The Morgan fingerprint density at radius 3 is 2.57 bits per heavy atom. The number of benzene rings is 1. The lowest BCUT2D eigenvalue weighted by molar-refractivity contribution is -0.158. The zero-order valence-electron chi connectivity index (χ0n) is 15.9. The molecule has 3 rings (SSSR count). The Balaban J connectivity index is 1.66. The molecule has 1 aromatic carbocycles. The first-order chi connectivity index (χ1) is 13.9. The van der Waals surface area contributed by atoms with Crippen molar-refractivity contribution in [3.63, 3.8) is 0 Å². The lowest BCUT2D eigenvalue weighted by Gasteiger charge is -2.35. The SMILES string of the molecule is Cc1cccc(C(=O)NNC(=O)OC[C@@]2(C)[C@H](C(=O)O)N3C(=O)C[C@H]3S2(=O)=O)c1O. The van der Waals surface area contributed by atoms with Crippen molar-refractivity contribution in [1.29, 1.82) is 0 Å². The summed E-state index contributed by atoms with van der Waals surface area (Å²) in [5.41, 5.74) is 4.20. The highest BCUT2D eigenvalue weighted by atomic mass is 32.2. The van der Waals surface area contributed by atoms with E-state index in [1.807, 2.05) is 10.9 Å². The molecule has 3 atom stereocenters. The zero-order valence-corrected chi connectivity index (χ0v) is 16.7. The number of β-lactam (4-membered cyclic amide) rings is 1. The number of nitrogens with one attached hydrogen (secondary N) is 2. The molecule has 2 aliphatic rings. The van der Waals surface area contributed by atoms with Gasteiger partial charge in [0.2, 0.25) is 5.91 Å². The summed E-state index contributed by atoms with van der Waals surface area (Å²) in [4.78, 5) is 48.1. The van der Waals surface area contributed by atoms with Crippen LogP contribution in [-0.2, 0) is 24.2 Å². The van der Waals surface area contributed by atoms with E-state index >= 15 is 0 Å². The number of phenols is 1. The second-order valence-electron chi connectivity index (χ2n) is 7.18. The van der Waals surface area contributed by atoms with Crippen LogP contribution >= 0.6 is 0 Å². The van der Waals surface area contributed by atoms with Gasteiger partial charge >= 0.3 is 12.1 Å². The molecular weight excluding hydrogens is 422 g/mol. The van der Waals surface area contributed by atoms with Crippen molar-refractivity contribution >= 4 is 33.7 Å². The molecule has 4 N–H and O–H groups in total. The first-order valence-electron chi connectivity index (χ1n) is 8.71. The lowest BCUT2D eigenvalue weighted by atomic mass is 9.97. The summed E-state index contributed by atoms with van der Waals surface area (Å²) in [5, 5.41) is 18.0. The van der Waals surface area contributed by atoms with Crippen LogP contribution in [0.5, 0.6) is 5.75 Å². The molecule has 162 valence electrons. The van der Waals surface area contributed by atoms with Crippen LogP contribution in [0, 0.1) is 6.92 Å². The van der Waals surface area contributed by atoms with Crippen LogP contribution in [0.3, 0.4) is 0 Å². The monoisotopic (exact) mass is 441 g/mol. The van der Waals surface area contributed by atoms with Gasteiger partial charge in [-0.25, -0.2) is 23.4 Å². The molecule has 0 spiro atoms. The molecule has 0 aliphatic carbocycles. The second kappa shape index (κ2) is 7.16. The van der Waals surface area contributed by atoms with Crippen molar-refractivity contribution in [1.82, 2.24) is 15.8 Å². The second-order valence-corrected chi connectivity index (χ2v) is 9.75. The van der Waals surface area contributed by atoms with Gasteiger partial charge in [-0.15, -0.1) is 0 Å². The Morgan fingerprint density at radius 2 is 1.97 bits per heavy atom. The van der Waals surface area contributed by atoms with Crippen molar-refractivity contribution in [2.45, 2.75) is 36.4 Å². The highest BCUT2D eigenvalue weighted by Crippen LogP contribution is 2.46. The predicted octanol–water partition coefficient (Wildman–Crippen LogP) is -0.730. The fraction of sp³-hybridized carbons (Fsp3) is 0.412. The van der Waals surface area contributed by atoms with Gasteiger partial charge in [-0.2, -0.15) is 0 Å². The van der Waals surface area contributed by atoms with E-state index in [9.17, 15) is 37.8 Å². The molecule has 1 aromatic rings. The van der Waals surface area contributed by atoms with Gasteiger partial charge in [0.05, 0.1) is 12.0 Å². The number of carbonyl (C=O) groups excluding carboxylic acids is 3. The van der Waals surface area contributed by atoms with E-state index in [0.717, 1.165) is 11.8 Å². The number of rotatable bonds is 4. The highest BCUT2D eigenvalue weighted by Gasteiger charge is 2.70. The van der Waals surface area contributed by atoms with E-state index in [1.54, 1.807) is 13.0 Å². The fourth-order valence-electron chi connectivity index (χ4n) is 3.53. The summed E-state index contributed by atoms with van der Waals surface area (Å²) in [6.45, 7) is 1.80. The van der Waals surface area contributed by atoms with Crippen LogP contribution < -0.4 is 10.9 Å². The average Bonchev–Trinajstić information content (AvgIpc) is 2.81. The normalized spacial score (nSPS) is 26.3. The molecule has 2 aliphatic heterocycles. The molecule has 30 heavy (non-hydrogen) atoms. The number of nitrogens with zero attached hydrogens (tertiary/aromatic N) is 1. The summed E-state index contributed by atoms with van der Waals surface area (Å²) in [7, 11) is -4.14. The average molecular weight is 441 g/mol. The number of hydrogen-bond acceptors (Lipinski definition) is 8. The van der Waals surface area contributed by atoms with E-state index in [-0.39, 0.29) is 17.7 Å². The Morgan fingerprint density at radius 1 is 1.30 bits per heavy atom. The first kappa shape index (κ1) is 21.4. The molecule has 12 nitrogen and oxygen atoms in total. The van der Waals surface area contributed by atoms with Gasteiger partial charge in [-0.05, 0) is 25.5 Å². The van der Waals surface area contributed by atoms with Crippen molar-refractivity contribution in [2.24, 2.45) is 0 Å². The van der Waals surface area contributed by atoms with E-state index < -0.39 is 56.5 Å². The maximum absolute atomic E-state index is 12.7. The van der Waals surface area contributed by atoms with Crippen molar-refractivity contribution in [3.8, 4) is 5.75 Å². The molecule has 0 bridgehead atoms.